The summed E-state index contributed by atoms with van der Waals surface area (Å²) in [6.07, 6.45) is 5.75. The Kier molecular flexibility index (Phi) is 3.20. The van der Waals surface area contributed by atoms with Gasteiger partial charge >= 0.3 is 0 Å². The smallest absolute Gasteiger partial charge is 0.244 e. The fourth-order valence-corrected chi connectivity index (χ4v) is 2.87. The van der Waals surface area contributed by atoms with Crippen LogP contribution in [0.15, 0.2) is 48.7 Å². The first-order chi connectivity index (χ1) is 10.8. The zero-order chi connectivity index (χ0) is 14.9. The van der Waals surface area contributed by atoms with Crippen molar-refractivity contribution in [3.63, 3.8) is 0 Å². The Morgan fingerprint density at radius 3 is 2.86 bits per heavy atom. The first-order valence-electron chi connectivity index (χ1n) is 7.40. The minimum atomic E-state index is -0.198. The summed E-state index contributed by atoms with van der Waals surface area (Å²) >= 11 is 0. The molecule has 0 aliphatic carbocycles. The lowest BCUT2D eigenvalue weighted by molar-refractivity contribution is -0.132. The molecule has 0 saturated carbocycles. The zero-order valence-electron chi connectivity index (χ0n) is 12.1. The van der Waals surface area contributed by atoms with Crippen LogP contribution in [0.25, 0.3) is 11.4 Å². The minimum Gasteiger partial charge on any atom is -0.331 e. The second-order valence-electron chi connectivity index (χ2n) is 5.54. The number of nitrogens with one attached hydrogen (secondary N) is 1. The molecule has 1 atom stereocenters. The minimum absolute atomic E-state index is 0.105. The number of benzene rings is 1. The van der Waals surface area contributed by atoms with Crippen molar-refractivity contribution in [1.82, 2.24) is 20.2 Å². The Morgan fingerprint density at radius 1 is 1.23 bits per heavy atom. The molecule has 1 aromatic heterocycles. The number of aromatic nitrogens is 2. The topological polar surface area (TPSA) is 58.1 Å². The number of fused-ring (bicyclic) bond motifs is 1. The van der Waals surface area contributed by atoms with Gasteiger partial charge in [0.2, 0.25) is 5.91 Å². The molecule has 2 aromatic rings. The number of amides is 1. The molecular weight excluding hydrogens is 276 g/mol. The van der Waals surface area contributed by atoms with Crippen molar-refractivity contribution < 1.29 is 4.79 Å². The normalized spacial score (nSPS) is 19.5. The molecular formula is C17H16N4O. The number of hydrogen-bond donors (Lipinski definition) is 1. The van der Waals surface area contributed by atoms with Gasteiger partial charge in [-0.05, 0) is 0 Å². The standard InChI is InChI=1S/C17H16N4O/c22-17(14-7-4-8-18-14)21-10-13-9-19-16(20-15(13)11-21)12-5-2-1-3-6-12/h1-7,9,14,18H,8,10-11H2/t14-/m0/s1. The molecule has 1 N–H and O–H groups in total. The number of nitrogens with zero attached hydrogens (tertiary/aromatic N) is 3. The van der Waals surface area contributed by atoms with Crippen LogP contribution < -0.4 is 5.32 Å². The third kappa shape index (κ3) is 2.29. The van der Waals surface area contributed by atoms with Crippen molar-refractivity contribution in [2.24, 2.45) is 0 Å². The Labute approximate surface area is 128 Å². The second kappa shape index (κ2) is 5.35. The van der Waals surface area contributed by atoms with Gasteiger partial charge in [-0.2, -0.15) is 0 Å². The monoisotopic (exact) mass is 292 g/mol. The van der Waals surface area contributed by atoms with E-state index in [1.807, 2.05) is 53.6 Å². The predicted molar refractivity (Wildman–Crippen MR) is 82.7 cm³/mol. The highest BCUT2D eigenvalue weighted by Gasteiger charge is 2.29. The maximum atomic E-state index is 12.4. The molecule has 0 saturated heterocycles. The lowest BCUT2D eigenvalue weighted by atomic mass is 10.2. The molecule has 22 heavy (non-hydrogen) atoms. The highest BCUT2D eigenvalue weighted by molar-refractivity contribution is 5.84. The first-order valence-corrected chi connectivity index (χ1v) is 7.40. The molecule has 0 fully saturated rings. The van der Waals surface area contributed by atoms with Crippen LogP contribution in [0.1, 0.15) is 11.3 Å². The number of hydrogen-bond acceptors (Lipinski definition) is 4. The van der Waals surface area contributed by atoms with E-state index in [9.17, 15) is 4.79 Å². The molecule has 0 spiro atoms. The first kappa shape index (κ1) is 13.2. The highest BCUT2D eigenvalue weighted by Crippen LogP contribution is 2.24. The van der Waals surface area contributed by atoms with Gasteiger partial charge in [0, 0.05) is 30.4 Å². The molecule has 3 heterocycles. The zero-order valence-corrected chi connectivity index (χ0v) is 12.1. The van der Waals surface area contributed by atoms with Crippen molar-refractivity contribution in [2.75, 3.05) is 6.54 Å². The van der Waals surface area contributed by atoms with Crippen LogP contribution in [-0.4, -0.2) is 33.4 Å². The van der Waals surface area contributed by atoms with E-state index in [0.717, 1.165) is 23.4 Å². The maximum Gasteiger partial charge on any atom is 0.244 e. The largest absolute Gasteiger partial charge is 0.331 e. The number of carbonyl (C=O) groups is 1. The second-order valence-corrected chi connectivity index (χ2v) is 5.54. The van der Waals surface area contributed by atoms with E-state index in [1.165, 1.54) is 0 Å². The van der Waals surface area contributed by atoms with Crippen LogP contribution in [0.4, 0.5) is 0 Å². The third-order valence-electron chi connectivity index (χ3n) is 4.05. The van der Waals surface area contributed by atoms with Crippen molar-refractivity contribution in [3.8, 4) is 11.4 Å². The van der Waals surface area contributed by atoms with Gasteiger partial charge in [-0.25, -0.2) is 9.97 Å². The van der Waals surface area contributed by atoms with Crippen molar-refractivity contribution in [1.29, 1.82) is 0 Å². The Bertz CT molecular complexity index is 742. The van der Waals surface area contributed by atoms with Gasteiger partial charge in [0.25, 0.3) is 0 Å². The van der Waals surface area contributed by atoms with Crippen molar-refractivity contribution in [3.05, 3.63) is 59.9 Å². The van der Waals surface area contributed by atoms with Crippen LogP contribution >= 0.6 is 0 Å². The molecule has 0 unspecified atom stereocenters. The fourth-order valence-electron chi connectivity index (χ4n) is 2.87. The van der Waals surface area contributed by atoms with Gasteiger partial charge < -0.3 is 4.90 Å². The number of carbonyl (C=O) groups excluding carboxylic acids is 1. The SMILES string of the molecule is O=C([C@@H]1C=CCN1)N1Cc2cnc(-c3ccccc3)nc2C1. The molecule has 5 heteroatoms. The molecule has 0 radical (unpaired) electrons. The Balaban J connectivity index is 1.56. The number of rotatable bonds is 2. The molecule has 4 rings (SSSR count). The lowest BCUT2D eigenvalue weighted by Crippen LogP contribution is -2.41. The molecule has 1 amide bonds. The molecule has 110 valence electrons. The summed E-state index contributed by atoms with van der Waals surface area (Å²) in [5.74, 6) is 0.820. The maximum absolute atomic E-state index is 12.4. The Morgan fingerprint density at radius 2 is 2.09 bits per heavy atom. The van der Waals surface area contributed by atoms with Crippen LogP contribution in [0.5, 0.6) is 0 Å². The van der Waals surface area contributed by atoms with Gasteiger partial charge in [-0.1, -0.05) is 42.5 Å². The van der Waals surface area contributed by atoms with E-state index < -0.39 is 0 Å². The van der Waals surface area contributed by atoms with Crippen molar-refractivity contribution >= 4 is 5.91 Å². The predicted octanol–water partition coefficient (Wildman–Crippen LogP) is 1.51. The molecule has 5 nitrogen and oxygen atoms in total. The van der Waals surface area contributed by atoms with E-state index in [0.29, 0.717) is 18.9 Å². The van der Waals surface area contributed by atoms with E-state index in [-0.39, 0.29) is 11.9 Å². The van der Waals surface area contributed by atoms with Gasteiger partial charge in [0.15, 0.2) is 5.82 Å². The molecule has 1 aromatic carbocycles. The van der Waals surface area contributed by atoms with Gasteiger partial charge in [-0.15, -0.1) is 0 Å². The summed E-state index contributed by atoms with van der Waals surface area (Å²) in [6, 6.07) is 9.70. The van der Waals surface area contributed by atoms with Crippen molar-refractivity contribution in [2.45, 2.75) is 19.1 Å². The van der Waals surface area contributed by atoms with Crippen LogP contribution in [0, 0.1) is 0 Å². The van der Waals surface area contributed by atoms with Gasteiger partial charge in [0.1, 0.15) is 6.04 Å². The van der Waals surface area contributed by atoms with Gasteiger partial charge in [0.05, 0.1) is 12.2 Å². The fraction of sp³-hybridized carbons (Fsp3) is 0.235. The summed E-state index contributed by atoms with van der Waals surface area (Å²) in [7, 11) is 0. The molecule has 0 bridgehead atoms. The lowest BCUT2D eigenvalue weighted by Gasteiger charge is -2.18. The van der Waals surface area contributed by atoms with E-state index in [2.05, 4.69) is 15.3 Å². The molecule has 2 aliphatic rings. The van der Waals surface area contributed by atoms with E-state index in [1.54, 1.807) is 0 Å². The quantitative estimate of drug-likeness (QED) is 0.853. The Hall–Kier alpha value is -2.53. The van der Waals surface area contributed by atoms with E-state index in [4.69, 9.17) is 0 Å². The highest BCUT2D eigenvalue weighted by atomic mass is 16.2. The average molecular weight is 292 g/mol. The summed E-state index contributed by atoms with van der Waals surface area (Å²) < 4.78 is 0. The van der Waals surface area contributed by atoms with E-state index >= 15 is 0 Å². The average Bonchev–Trinajstić information content (AvgIpc) is 3.23. The van der Waals surface area contributed by atoms with Crippen LogP contribution in [-0.2, 0) is 17.9 Å². The van der Waals surface area contributed by atoms with Crippen LogP contribution in [0.2, 0.25) is 0 Å². The summed E-state index contributed by atoms with van der Waals surface area (Å²) in [5, 5.41) is 3.16. The summed E-state index contributed by atoms with van der Waals surface area (Å²) in [6.45, 7) is 1.91. The summed E-state index contributed by atoms with van der Waals surface area (Å²) in [5.41, 5.74) is 2.98. The van der Waals surface area contributed by atoms with Crippen LogP contribution in [0.3, 0.4) is 0 Å². The third-order valence-corrected chi connectivity index (χ3v) is 4.05. The van der Waals surface area contributed by atoms with Gasteiger partial charge in [-0.3, -0.25) is 10.1 Å². The molecule has 2 aliphatic heterocycles. The summed E-state index contributed by atoms with van der Waals surface area (Å²) in [4.78, 5) is 23.3.